The summed E-state index contributed by atoms with van der Waals surface area (Å²) in [5.41, 5.74) is 8.04. The highest BCUT2D eigenvalue weighted by Crippen LogP contribution is 2.12. The van der Waals surface area contributed by atoms with E-state index in [9.17, 15) is 0 Å². The summed E-state index contributed by atoms with van der Waals surface area (Å²) in [7, 11) is 0. The van der Waals surface area contributed by atoms with Gasteiger partial charge in [0.05, 0.1) is 6.61 Å². The SMILES string of the molecule is NCc1ccc(OCCCc2ccccc2)cc1.NO. The van der Waals surface area contributed by atoms with E-state index in [2.05, 4.69) is 30.2 Å². The first-order valence-corrected chi connectivity index (χ1v) is 6.60. The molecule has 0 fully saturated rings. The molecule has 0 amide bonds. The fourth-order valence-corrected chi connectivity index (χ4v) is 1.83. The maximum absolute atomic E-state index is 6.50. The molecule has 108 valence electrons. The molecule has 0 heterocycles. The predicted molar refractivity (Wildman–Crippen MR) is 80.6 cm³/mol. The molecule has 0 unspecified atom stereocenters. The minimum absolute atomic E-state index is 0.578. The molecule has 0 aliphatic carbocycles. The molecule has 20 heavy (non-hydrogen) atoms. The third-order valence-corrected chi connectivity index (χ3v) is 2.88. The van der Waals surface area contributed by atoms with Gasteiger partial charge in [0.2, 0.25) is 0 Å². The minimum atomic E-state index is 0.578. The van der Waals surface area contributed by atoms with Crippen molar-refractivity contribution in [1.82, 2.24) is 0 Å². The zero-order chi connectivity index (χ0) is 14.6. The summed E-state index contributed by atoms with van der Waals surface area (Å²) in [6, 6.07) is 18.4. The molecule has 5 N–H and O–H groups in total. The van der Waals surface area contributed by atoms with E-state index in [-0.39, 0.29) is 0 Å². The molecule has 4 nitrogen and oxygen atoms in total. The van der Waals surface area contributed by atoms with Gasteiger partial charge in [0.25, 0.3) is 0 Å². The number of nitrogens with two attached hydrogens (primary N) is 2. The molecular formula is C16H22N2O2. The van der Waals surface area contributed by atoms with Crippen molar-refractivity contribution in [3.63, 3.8) is 0 Å². The normalized spacial score (nSPS) is 9.55. The summed E-state index contributed by atoms with van der Waals surface area (Å²) in [6.45, 7) is 1.32. The van der Waals surface area contributed by atoms with Gasteiger partial charge in [-0.05, 0) is 36.1 Å². The molecule has 0 aliphatic heterocycles. The van der Waals surface area contributed by atoms with E-state index < -0.39 is 0 Å². The van der Waals surface area contributed by atoms with Gasteiger partial charge < -0.3 is 15.7 Å². The van der Waals surface area contributed by atoms with Gasteiger partial charge in [-0.1, -0.05) is 42.5 Å². The Labute approximate surface area is 119 Å². The first-order valence-electron chi connectivity index (χ1n) is 6.60. The lowest BCUT2D eigenvalue weighted by molar-refractivity contribution is 0.311. The summed E-state index contributed by atoms with van der Waals surface area (Å²) in [6.07, 6.45) is 2.09. The van der Waals surface area contributed by atoms with Crippen LogP contribution in [0.3, 0.4) is 0 Å². The Bertz CT molecular complexity index is 458. The number of ether oxygens (including phenoxy) is 1. The molecule has 4 heteroatoms. The van der Waals surface area contributed by atoms with Crippen molar-refractivity contribution < 1.29 is 9.94 Å². The van der Waals surface area contributed by atoms with Gasteiger partial charge in [-0.2, -0.15) is 0 Å². The van der Waals surface area contributed by atoms with E-state index in [1.807, 2.05) is 30.3 Å². The lowest BCUT2D eigenvalue weighted by Crippen LogP contribution is -2.00. The Morgan fingerprint density at radius 2 is 1.50 bits per heavy atom. The molecule has 0 bridgehead atoms. The molecular weight excluding hydrogens is 252 g/mol. The zero-order valence-corrected chi connectivity index (χ0v) is 11.5. The third-order valence-electron chi connectivity index (χ3n) is 2.88. The second-order valence-corrected chi connectivity index (χ2v) is 4.29. The Hall–Kier alpha value is -1.88. The summed E-state index contributed by atoms with van der Waals surface area (Å²) in [5, 5.41) is 6.50. The number of hydrogen-bond acceptors (Lipinski definition) is 4. The second kappa shape index (κ2) is 9.97. The predicted octanol–water partition coefficient (Wildman–Crippen LogP) is 2.49. The lowest BCUT2D eigenvalue weighted by atomic mass is 10.1. The van der Waals surface area contributed by atoms with Crippen LogP contribution >= 0.6 is 0 Å². The average molecular weight is 274 g/mol. The Kier molecular flexibility index (Phi) is 8.07. The van der Waals surface area contributed by atoms with Crippen molar-refractivity contribution in [2.75, 3.05) is 6.61 Å². The highest BCUT2D eigenvalue weighted by atomic mass is 16.5. The van der Waals surface area contributed by atoms with Crippen molar-refractivity contribution in [2.45, 2.75) is 19.4 Å². The zero-order valence-electron chi connectivity index (χ0n) is 11.5. The second-order valence-electron chi connectivity index (χ2n) is 4.29. The van der Waals surface area contributed by atoms with Crippen LogP contribution in [0.25, 0.3) is 0 Å². The van der Waals surface area contributed by atoms with Gasteiger partial charge in [0.15, 0.2) is 0 Å². The smallest absolute Gasteiger partial charge is 0.119 e. The molecule has 0 radical (unpaired) electrons. The monoisotopic (exact) mass is 274 g/mol. The number of aryl methyl sites for hydroxylation is 1. The summed E-state index contributed by atoms with van der Waals surface area (Å²) >= 11 is 0. The Morgan fingerprint density at radius 1 is 0.850 bits per heavy atom. The molecule has 2 rings (SSSR count). The Balaban J connectivity index is 0.000000956. The molecule has 0 spiro atoms. The van der Waals surface area contributed by atoms with Crippen molar-refractivity contribution in [3.8, 4) is 5.75 Å². The number of hydrogen-bond donors (Lipinski definition) is 3. The topological polar surface area (TPSA) is 81.5 Å². The number of benzene rings is 2. The van der Waals surface area contributed by atoms with Crippen molar-refractivity contribution in [3.05, 3.63) is 65.7 Å². The fraction of sp³-hybridized carbons (Fsp3) is 0.250. The van der Waals surface area contributed by atoms with Crippen molar-refractivity contribution in [1.29, 1.82) is 0 Å². The molecule has 2 aromatic carbocycles. The van der Waals surface area contributed by atoms with E-state index >= 15 is 0 Å². The fourth-order valence-electron chi connectivity index (χ4n) is 1.83. The summed E-state index contributed by atoms with van der Waals surface area (Å²) < 4.78 is 5.69. The highest BCUT2D eigenvalue weighted by molar-refractivity contribution is 5.27. The van der Waals surface area contributed by atoms with Crippen LogP contribution in [-0.2, 0) is 13.0 Å². The first kappa shape index (κ1) is 16.2. The molecule has 0 saturated carbocycles. The van der Waals surface area contributed by atoms with Crippen LogP contribution in [0, 0.1) is 0 Å². The maximum Gasteiger partial charge on any atom is 0.119 e. The molecule has 0 saturated heterocycles. The Morgan fingerprint density at radius 3 is 2.10 bits per heavy atom. The van der Waals surface area contributed by atoms with Gasteiger partial charge in [0.1, 0.15) is 5.75 Å². The summed E-state index contributed by atoms with van der Waals surface area (Å²) in [4.78, 5) is 0. The van der Waals surface area contributed by atoms with Crippen LogP contribution in [0.1, 0.15) is 17.5 Å². The van der Waals surface area contributed by atoms with Crippen LogP contribution in [0.5, 0.6) is 5.75 Å². The first-order chi connectivity index (χ1) is 9.88. The van der Waals surface area contributed by atoms with Crippen LogP contribution in [-0.4, -0.2) is 11.8 Å². The molecule has 0 atom stereocenters. The molecule has 2 aromatic rings. The van der Waals surface area contributed by atoms with E-state index in [0.717, 1.165) is 30.8 Å². The van der Waals surface area contributed by atoms with Gasteiger partial charge in [0, 0.05) is 6.54 Å². The van der Waals surface area contributed by atoms with E-state index in [1.54, 1.807) is 0 Å². The van der Waals surface area contributed by atoms with Crippen LogP contribution in [0.2, 0.25) is 0 Å². The average Bonchev–Trinajstić information content (AvgIpc) is 2.55. The molecule has 0 aromatic heterocycles. The maximum atomic E-state index is 6.50. The largest absolute Gasteiger partial charge is 0.494 e. The summed E-state index contributed by atoms with van der Waals surface area (Å²) in [5.74, 6) is 4.42. The quantitative estimate of drug-likeness (QED) is 0.558. The standard InChI is InChI=1S/C16H19NO.H3NO/c17-13-15-8-10-16(11-9-15)18-12-4-7-14-5-2-1-3-6-14;1-2/h1-3,5-6,8-11H,4,7,12-13,17H2;2H,1H2. The highest BCUT2D eigenvalue weighted by Gasteiger charge is 1.95. The van der Waals surface area contributed by atoms with E-state index in [1.165, 1.54) is 5.56 Å². The van der Waals surface area contributed by atoms with E-state index in [4.69, 9.17) is 15.7 Å². The van der Waals surface area contributed by atoms with Gasteiger partial charge in [-0.25, -0.2) is 5.90 Å². The number of rotatable bonds is 6. The van der Waals surface area contributed by atoms with Gasteiger partial charge in [-0.15, -0.1) is 0 Å². The third kappa shape index (κ3) is 5.84. The molecule has 0 aliphatic rings. The lowest BCUT2D eigenvalue weighted by Gasteiger charge is -2.06. The minimum Gasteiger partial charge on any atom is -0.494 e. The van der Waals surface area contributed by atoms with Crippen LogP contribution < -0.4 is 16.4 Å². The van der Waals surface area contributed by atoms with Gasteiger partial charge >= 0.3 is 0 Å². The van der Waals surface area contributed by atoms with E-state index in [0.29, 0.717) is 6.54 Å². The van der Waals surface area contributed by atoms with Crippen molar-refractivity contribution in [2.24, 2.45) is 11.6 Å². The van der Waals surface area contributed by atoms with Crippen molar-refractivity contribution >= 4 is 0 Å². The van der Waals surface area contributed by atoms with Crippen LogP contribution in [0.15, 0.2) is 54.6 Å². The van der Waals surface area contributed by atoms with Gasteiger partial charge in [-0.3, -0.25) is 0 Å². The van der Waals surface area contributed by atoms with Crippen LogP contribution in [0.4, 0.5) is 0 Å².